The Kier molecular flexibility index (Phi) is 4.29. The summed E-state index contributed by atoms with van der Waals surface area (Å²) in [5.41, 5.74) is 6.14. The van der Waals surface area contributed by atoms with Gasteiger partial charge in [0.15, 0.2) is 11.6 Å². The van der Waals surface area contributed by atoms with Gasteiger partial charge in [-0.1, -0.05) is 17.7 Å². The predicted octanol–water partition coefficient (Wildman–Crippen LogP) is 1.78. The maximum absolute atomic E-state index is 12.5. The quantitative estimate of drug-likeness (QED) is 0.833. The van der Waals surface area contributed by atoms with Crippen molar-refractivity contribution in [3.05, 3.63) is 40.8 Å². The first kappa shape index (κ1) is 15.5. The number of aromatic nitrogens is 3. The minimum absolute atomic E-state index is 0.0432. The van der Waals surface area contributed by atoms with E-state index in [1.54, 1.807) is 29.3 Å². The molecule has 0 aliphatic carbocycles. The van der Waals surface area contributed by atoms with Gasteiger partial charge in [-0.05, 0) is 25.0 Å². The van der Waals surface area contributed by atoms with Gasteiger partial charge in [0.05, 0.1) is 0 Å². The number of carbonyl (C=O) groups is 2. The molecule has 3 rings (SSSR count). The van der Waals surface area contributed by atoms with E-state index in [1.165, 1.54) is 0 Å². The molecule has 1 saturated heterocycles. The molecule has 1 amide bonds. The number of aromatic amines is 1. The molecule has 2 aromatic heterocycles. The van der Waals surface area contributed by atoms with Crippen LogP contribution in [0.5, 0.6) is 0 Å². The Morgan fingerprint density at radius 3 is 2.87 bits per heavy atom. The van der Waals surface area contributed by atoms with Crippen molar-refractivity contribution in [2.45, 2.75) is 12.8 Å². The predicted molar refractivity (Wildman–Crippen MR) is 85.2 cm³/mol. The zero-order chi connectivity index (χ0) is 16.4. The fourth-order valence-corrected chi connectivity index (χ4v) is 2.90. The number of Topliss-reactive ketones (excluding diaryl/α,β-unsaturated/α-hetero) is 1. The minimum atomic E-state index is -0.294. The lowest BCUT2D eigenvalue weighted by molar-refractivity contribution is 0.0630. The van der Waals surface area contributed by atoms with E-state index in [0.29, 0.717) is 18.8 Å². The molecule has 1 unspecified atom stereocenters. The van der Waals surface area contributed by atoms with E-state index in [-0.39, 0.29) is 34.1 Å². The van der Waals surface area contributed by atoms with Crippen LogP contribution in [0.3, 0.4) is 0 Å². The molecule has 0 saturated carbocycles. The van der Waals surface area contributed by atoms with Crippen LogP contribution in [0.1, 0.15) is 33.8 Å². The molecule has 1 atom stereocenters. The third-order valence-electron chi connectivity index (χ3n) is 3.94. The summed E-state index contributed by atoms with van der Waals surface area (Å²) in [6, 6.07) is 5.23. The second-order valence-electron chi connectivity index (χ2n) is 5.47. The largest absolute Gasteiger partial charge is 0.381 e. The van der Waals surface area contributed by atoms with E-state index in [2.05, 4.69) is 15.2 Å². The average molecular weight is 334 g/mol. The number of nitrogens with two attached hydrogens (primary N) is 1. The second-order valence-corrected chi connectivity index (χ2v) is 5.85. The fourth-order valence-electron chi connectivity index (χ4n) is 2.74. The number of rotatable bonds is 3. The highest BCUT2D eigenvalue weighted by atomic mass is 35.5. The molecule has 23 heavy (non-hydrogen) atoms. The van der Waals surface area contributed by atoms with Gasteiger partial charge >= 0.3 is 0 Å². The van der Waals surface area contributed by atoms with Gasteiger partial charge in [-0.25, -0.2) is 0 Å². The lowest BCUT2D eigenvalue weighted by atomic mass is 9.91. The van der Waals surface area contributed by atoms with E-state index in [4.69, 9.17) is 17.3 Å². The Morgan fingerprint density at radius 2 is 2.22 bits per heavy atom. The molecule has 3 N–H and O–H groups in total. The van der Waals surface area contributed by atoms with Crippen LogP contribution >= 0.6 is 11.6 Å². The van der Waals surface area contributed by atoms with Crippen molar-refractivity contribution in [3.63, 3.8) is 0 Å². The van der Waals surface area contributed by atoms with Crippen LogP contribution in [-0.4, -0.2) is 44.9 Å². The normalized spacial score (nSPS) is 18.0. The number of amides is 1. The standard InChI is InChI=1S/C15H16ClN5O2/c16-11-12(19-20-14(11)17)15(23)21-7-3-4-9(8-21)13(22)10-5-1-2-6-18-10/h1-2,5-6,9H,3-4,7-8H2,(H3,17,19,20). The van der Waals surface area contributed by atoms with Gasteiger partial charge in [0, 0.05) is 25.2 Å². The molecule has 8 heteroatoms. The Labute approximate surface area is 137 Å². The number of nitrogens with one attached hydrogen (secondary N) is 1. The first-order valence-corrected chi connectivity index (χ1v) is 7.69. The van der Waals surface area contributed by atoms with Gasteiger partial charge in [-0.3, -0.25) is 19.7 Å². The van der Waals surface area contributed by atoms with Crippen molar-refractivity contribution in [3.8, 4) is 0 Å². The number of hydrogen-bond donors (Lipinski definition) is 2. The fraction of sp³-hybridized carbons (Fsp3) is 0.333. The number of likely N-dealkylation sites (tertiary alicyclic amines) is 1. The summed E-state index contributed by atoms with van der Waals surface area (Å²) in [6.45, 7) is 0.906. The SMILES string of the molecule is Nc1n[nH]c(C(=O)N2CCCC(C(=O)c3ccccn3)C2)c1Cl. The van der Waals surface area contributed by atoms with Crippen LogP contribution in [0.2, 0.25) is 5.02 Å². The number of nitrogen functional groups attached to an aromatic ring is 1. The first-order valence-electron chi connectivity index (χ1n) is 7.31. The van der Waals surface area contributed by atoms with Crippen LogP contribution in [0.15, 0.2) is 24.4 Å². The average Bonchev–Trinajstić information content (AvgIpc) is 2.93. The smallest absolute Gasteiger partial charge is 0.273 e. The van der Waals surface area contributed by atoms with Crippen LogP contribution in [0.25, 0.3) is 0 Å². The first-order chi connectivity index (χ1) is 11.1. The summed E-state index contributed by atoms with van der Waals surface area (Å²) in [6.07, 6.45) is 3.07. The molecule has 1 aliphatic rings. The number of carbonyl (C=O) groups excluding carboxylic acids is 2. The number of ketones is 1. The van der Waals surface area contributed by atoms with E-state index < -0.39 is 0 Å². The van der Waals surface area contributed by atoms with Crippen LogP contribution in [0, 0.1) is 5.92 Å². The van der Waals surface area contributed by atoms with E-state index in [1.807, 2.05) is 0 Å². The van der Waals surface area contributed by atoms with E-state index in [9.17, 15) is 9.59 Å². The molecular weight excluding hydrogens is 318 g/mol. The molecule has 0 radical (unpaired) electrons. The molecule has 120 valence electrons. The lowest BCUT2D eigenvalue weighted by Crippen LogP contribution is -2.42. The number of anilines is 1. The summed E-state index contributed by atoms with van der Waals surface area (Å²) < 4.78 is 0. The molecule has 0 spiro atoms. The molecule has 0 aromatic carbocycles. The Balaban J connectivity index is 1.75. The summed E-state index contributed by atoms with van der Waals surface area (Å²) in [5.74, 6) is -0.508. The van der Waals surface area contributed by atoms with Gasteiger partial charge in [-0.2, -0.15) is 5.10 Å². The third-order valence-corrected chi connectivity index (χ3v) is 4.33. The second kappa shape index (κ2) is 6.37. The van der Waals surface area contributed by atoms with Crippen LogP contribution in [-0.2, 0) is 0 Å². The van der Waals surface area contributed by atoms with Crippen molar-refractivity contribution in [2.24, 2.45) is 5.92 Å². The topological polar surface area (TPSA) is 105 Å². The monoisotopic (exact) mass is 333 g/mol. The highest BCUT2D eigenvalue weighted by molar-refractivity contribution is 6.35. The van der Waals surface area contributed by atoms with Gasteiger partial charge < -0.3 is 10.6 Å². The zero-order valence-corrected chi connectivity index (χ0v) is 13.1. The Morgan fingerprint density at radius 1 is 1.39 bits per heavy atom. The summed E-state index contributed by atoms with van der Waals surface area (Å²) >= 11 is 5.97. The van der Waals surface area contributed by atoms with Crippen molar-refractivity contribution in [2.75, 3.05) is 18.8 Å². The summed E-state index contributed by atoms with van der Waals surface area (Å²) in [4.78, 5) is 30.7. The molecule has 2 aromatic rings. The maximum atomic E-state index is 12.5. The van der Waals surface area contributed by atoms with Crippen LogP contribution in [0.4, 0.5) is 5.82 Å². The van der Waals surface area contributed by atoms with Crippen molar-refractivity contribution in [1.29, 1.82) is 0 Å². The highest BCUT2D eigenvalue weighted by Crippen LogP contribution is 2.25. The molecular formula is C15H16ClN5O2. The number of halogens is 1. The third kappa shape index (κ3) is 3.05. The van der Waals surface area contributed by atoms with E-state index in [0.717, 1.165) is 12.8 Å². The molecule has 0 bridgehead atoms. The molecule has 7 nitrogen and oxygen atoms in total. The number of pyridine rings is 1. The maximum Gasteiger partial charge on any atom is 0.273 e. The Hall–Kier alpha value is -2.41. The zero-order valence-electron chi connectivity index (χ0n) is 12.3. The number of hydrogen-bond acceptors (Lipinski definition) is 5. The van der Waals surface area contributed by atoms with Crippen LogP contribution < -0.4 is 5.73 Å². The van der Waals surface area contributed by atoms with Gasteiger partial charge in [0.1, 0.15) is 16.4 Å². The Bertz CT molecular complexity index is 731. The molecule has 1 aliphatic heterocycles. The lowest BCUT2D eigenvalue weighted by Gasteiger charge is -2.31. The summed E-state index contributed by atoms with van der Waals surface area (Å²) in [5, 5.41) is 6.40. The van der Waals surface area contributed by atoms with Gasteiger partial charge in [-0.15, -0.1) is 0 Å². The van der Waals surface area contributed by atoms with Crippen molar-refractivity contribution in [1.82, 2.24) is 20.1 Å². The number of piperidine rings is 1. The highest BCUT2D eigenvalue weighted by Gasteiger charge is 2.31. The molecule has 1 fully saturated rings. The number of H-pyrrole nitrogens is 1. The summed E-state index contributed by atoms with van der Waals surface area (Å²) in [7, 11) is 0. The van der Waals surface area contributed by atoms with Crippen molar-refractivity contribution >= 4 is 29.1 Å². The van der Waals surface area contributed by atoms with E-state index >= 15 is 0 Å². The molecule has 3 heterocycles. The van der Waals surface area contributed by atoms with Crippen molar-refractivity contribution < 1.29 is 9.59 Å². The van der Waals surface area contributed by atoms with Gasteiger partial charge in [0.25, 0.3) is 5.91 Å². The minimum Gasteiger partial charge on any atom is -0.381 e. The number of nitrogens with zero attached hydrogens (tertiary/aromatic N) is 3. The van der Waals surface area contributed by atoms with Gasteiger partial charge in [0.2, 0.25) is 0 Å².